The van der Waals surface area contributed by atoms with E-state index < -0.39 is 26.0 Å². The fourth-order valence-corrected chi connectivity index (χ4v) is 9.20. The van der Waals surface area contributed by atoms with Gasteiger partial charge in [-0.15, -0.1) is 4.40 Å². The number of anilines is 2. The van der Waals surface area contributed by atoms with Crippen LogP contribution < -0.4 is 10.0 Å². The van der Waals surface area contributed by atoms with Crippen molar-refractivity contribution in [1.29, 1.82) is 0 Å². The Morgan fingerprint density at radius 1 is 1.10 bits per heavy atom. The second-order valence-electron chi connectivity index (χ2n) is 11.4. The topological polar surface area (TPSA) is 145 Å². The summed E-state index contributed by atoms with van der Waals surface area (Å²) in [7, 11) is -8.00. The molecule has 40 heavy (non-hydrogen) atoms. The molecule has 0 aromatic heterocycles. The maximum Gasteiger partial charge on any atom is 0.286 e. The van der Waals surface area contributed by atoms with Gasteiger partial charge in [-0.05, 0) is 78.8 Å². The summed E-state index contributed by atoms with van der Waals surface area (Å²) in [6.45, 7) is 0.189. The van der Waals surface area contributed by atoms with Crippen LogP contribution in [-0.4, -0.2) is 50.9 Å². The number of carbonyl (C=O) groups excluding carboxylic acids is 1. The summed E-state index contributed by atoms with van der Waals surface area (Å²) in [4.78, 5) is 15.6. The smallest absolute Gasteiger partial charge is 0.286 e. The number of hydrogen-bond acceptors (Lipinski definition) is 7. The van der Waals surface area contributed by atoms with Gasteiger partial charge in [0, 0.05) is 24.2 Å². The summed E-state index contributed by atoms with van der Waals surface area (Å²) in [5.74, 6) is -0.252. The molecule has 4 saturated carbocycles. The molecule has 0 saturated heterocycles. The highest BCUT2D eigenvalue weighted by atomic mass is 32.2. The second-order valence-corrected chi connectivity index (χ2v) is 14.8. The summed E-state index contributed by atoms with van der Waals surface area (Å²) in [6, 6.07) is 9.61. The van der Waals surface area contributed by atoms with Crippen molar-refractivity contribution in [2.45, 2.75) is 36.7 Å². The van der Waals surface area contributed by atoms with Gasteiger partial charge < -0.3 is 15.3 Å². The lowest BCUT2D eigenvalue weighted by Crippen LogP contribution is -2.60. The third-order valence-corrected chi connectivity index (χ3v) is 11.0. The molecular weight excluding hydrogens is 559 g/mol. The molecule has 0 radical (unpaired) electrons. The third-order valence-electron chi connectivity index (χ3n) is 9.03. The molecule has 2 aromatic rings. The van der Waals surface area contributed by atoms with Crippen molar-refractivity contribution in [3.05, 3.63) is 65.2 Å². The minimum atomic E-state index is -4.36. The van der Waals surface area contributed by atoms with E-state index >= 15 is 0 Å². The Hall–Kier alpha value is -3.45. The van der Waals surface area contributed by atoms with Crippen LogP contribution in [0.4, 0.5) is 15.8 Å². The number of carbonyl (C=O) groups is 1. The number of aliphatic hydroxyl groups is 1. The van der Waals surface area contributed by atoms with Crippen molar-refractivity contribution < 1.29 is 31.1 Å². The Bertz CT molecular complexity index is 1740. The number of rotatable bonds is 5. The Morgan fingerprint density at radius 3 is 2.52 bits per heavy atom. The van der Waals surface area contributed by atoms with E-state index in [4.69, 9.17) is 0 Å². The van der Waals surface area contributed by atoms with E-state index in [2.05, 4.69) is 14.4 Å². The summed E-state index contributed by atoms with van der Waals surface area (Å²) in [5.41, 5.74) is 0.703. The number of halogens is 1. The molecule has 6 aliphatic rings. The first kappa shape index (κ1) is 25.5. The summed E-state index contributed by atoms with van der Waals surface area (Å²) >= 11 is 0. The molecule has 6 unspecified atom stereocenters. The van der Waals surface area contributed by atoms with E-state index in [0.717, 1.165) is 37.1 Å². The standard InChI is InChI=1S/C27H27FN4O6S2/c1-39(35,36)30-15-6-9-20-21(10-15)40(37,38)31-26(29-20)23-25(33)22-16-7-8-17(19-11-18(16)19)24(22)32(27(23)34)12-13-2-4-14(28)5-3-13/h2-6,9-10,16-19,22,24,30,33H,7-8,11-12H2,1H3,(H,29,31). The molecule has 4 aliphatic carbocycles. The normalized spacial score (nSPS) is 31.5. The van der Waals surface area contributed by atoms with Crippen molar-refractivity contribution in [3.63, 3.8) is 0 Å². The Balaban J connectivity index is 1.31. The highest BCUT2D eigenvalue weighted by Crippen LogP contribution is 2.67. The van der Waals surface area contributed by atoms with Crippen LogP contribution in [0.25, 0.3) is 0 Å². The van der Waals surface area contributed by atoms with Gasteiger partial charge in [-0.1, -0.05) is 12.1 Å². The van der Waals surface area contributed by atoms with Gasteiger partial charge in [0.15, 0.2) is 5.84 Å². The van der Waals surface area contributed by atoms with Gasteiger partial charge in [0.05, 0.1) is 11.9 Å². The highest BCUT2D eigenvalue weighted by Gasteiger charge is 2.65. The lowest BCUT2D eigenvalue weighted by atomic mass is 9.59. The minimum Gasteiger partial charge on any atom is -0.511 e. The molecule has 4 fully saturated rings. The van der Waals surface area contributed by atoms with E-state index in [0.29, 0.717) is 11.8 Å². The summed E-state index contributed by atoms with van der Waals surface area (Å²) in [5, 5.41) is 14.6. The SMILES string of the molecule is CS(=O)(=O)Nc1ccc2c(c1)S(=O)(=O)N=C(C1=C(O)C3C4CCC(C5CC54)C3N(Cc3ccc(F)cc3)C1=O)N2. The Morgan fingerprint density at radius 2 is 1.80 bits per heavy atom. The molecule has 2 bridgehead atoms. The molecule has 6 atom stereocenters. The van der Waals surface area contributed by atoms with Crippen LogP contribution in [0, 0.1) is 35.4 Å². The Labute approximate surface area is 231 Å². The predicted molar refractivity (Wildman–Crippen MR) is 145 cm³/mol. The fourth-order valence-electron chi connectivity index (χ4n) is 7.50. The maximum atomic E-state index is 14.1. The molecule has 2 heterocycles. The van der Waals surface area contributed by atoms with Gasteiger partial charge in [-0.25, -0.2) is 12.8 Å². The number of amidine groups is 1. The van der Waals surface area contributed by atoms with E-state index in [-0.39, 0.29) is 69.6 Å². The molecule has 210 valence electrons. The monoisotopic (exact) mass is 586 g/mol. The Kier molecular flexibility index (Phi) is 5.44. The maximum absolute atomic E-state index is 14.1. The number of nitrogens with zero attached hydrogens (tertiary/aromatic N) is 2. The van der Waals surface area contributed by atoms with Gasteiger partial charge in [-0.2, -0.15) is 8.42 Å². The number of benzene rings is 2. The van der Waals surface area contributed by atoms with Crippen LogP contribution in [0.1, 0.15) is 24.8 Å². The molecule has 2 aliphatic heterocycles. The number of fused-ring (bicyclic) bond motifs is 2. The lowest BCUT2D eigenvalue weighted by Gasteiger charge is -2.54. The second kappa shape index (κ2) is 8.53. The number of amides is 1. The zero-order valence-corrected chi connectivity index (χ0v) is 23.0. The average Bonchev–Trinajstić information content (AvgIpc) is 3.70. The quantitative estimate of drug-likeness (QED) is 0.488. The number of aliphatic hydroxyl groups excluding tert-OH is 1. The number of sulfonamides is 2. The van der Waals surface area contributed by atoms with E-state index in [1.807, 2.05) is 0 Å². The van der Waals surface area contributed by atoms with E-state index in [9.17, 15) is 31.1 Å². The zero-order chi connectivity index (χ0) is 28.1. The van der Waals surface area contributed by atoms with Crippen molar-refractivity contribution in [2.24, 2.45) is 34.0 Å². The van der Waals surface area contributed by atoms with Crippen molar-refractivity contribution in [2.75, 3.05) is 16.3 Å². The van der Waals surface area contributed by atoms with Gasteiger partial charge in [0.2, 0.25) is 10.0 Å². The summed E-state index contributed by atoms with van der Waals surface area (Å²) < 4.78 is 69.5. The molecule has 2 aromatic carbocycles. The van der Waals surface area contributed by atoms with Gasteiger partial charge in [0.25, 0.3) is 15.9 Å². The first-order valence-electron chi connectivity index (χ1n) is 13.1. The first-order chi connectivity index (χ1) is 18.9. The van der Waals surface area contributed by atoms with Crippen LogP contribution in [0.15, 0.2) is 63.1 Å². The molecule has 1 amide bonds. The van der Waals surface area contributed by atoms with Crippen LogP contribution in [0.5, 0.6) is 0 Å². The van der Waals surface area contributed by atoms with Gasteiger partial charge in [0.1, 0.15) is 22.0 Å². The predicted octanol–water partition coefficient (Wildman–Crippen LogP) is 3.23. The molecule has 0 spiro atoms. The third kappa shape index (κ3) is 4.00. The number of hydrogen-bond donors (Lipinski definition) is 3. The molecule has 3 N–H and O–H groups in total. The largest absolute Gasteiger partial charge is 0.511 e. The first-order valence-corrected chi connectivity index (χ1v) is 16.5. The molecule has 10 nitrogen and oxygen atoms in total. The van der Waals surface area contributed by atoms with Crippen LogP contribution in [0.2, 0.25) is 0 Å². The van der Waals surface area contributed by atoms with Gasteiger partial charge >= 0.3 is 0 Å². The minimum absolute atomic E-state index is 0.0478. The van der Waals surface area contributed by atoms with Crippen LogP contribution >= 0.6 is 0 Å². The van der Waals surface area contributed by atoms with Crippen LogP contribution in [0.3, 0.4) is 0 Å². The average molecular weight is 587 g/mol. The van der Waals surface area contributed by atoms with Gasteiger partial charge in [-0.3, -0.25) is 9.52 Å². The van der Waals surface area contributed by atoms with Crippen molar-refractivity contribution >= 4 is 43.2 Å². The van der Waals surface area contributed by atoms with Crippen molar-refractivity contribution in [3.8, 4) is 0 Å². The van der Waals surface area contributed by atoms with Crippen molar-refractivity contribution in [1.82, 2.24) is 4.90 Å². The van der Waals surface area contributed by atoms with E-state index in [1.54, 1.807) is 17.0 Å². The highest BCUT2D eigenvalue weighted by molar-refractivity contribution is 7.92. The van der Waals surface area contributed by atoms with E-state index in [1.165, 1.54) is 24.3 Å². The number of nitrogens with one attached hydrogen (secondary N) is 2. The van der Waals surface area contributed by atoms with Crippen LogP contribution in [-0.2, 0) is 31.4 Å². The molecule has 13 heteroatoms. The summed E-state index contributed by atoms with van der Waals surface area (Å²) in [6.07, 6.45) is 3.91. The zero-order valence-electron chi connectivity index (χ0n) is 21.4. The molecular formula is C27H27FN4O6S2. The fraction of sp³-hybridized carbons (Fsp3) is 0.407. The molecule has 8 rings (SSSR count). The lowest BCUT2D eigenvalue weighted by molar-refractivity contribution is -0.140.